The maximum Gasteiger partial charge on any atom is 0.133 e. The third-order valence-corrected chi connectivity index (χ3v) is 3.50. The SMILES string of the molecule is Brc1cccc(COc2ccccc2I)c1. The smallest absolute Gasteiger partial charge is 0.133 e. The summed E-state index contributed by atoms with van der Waals surface area (Å²) in [5.74, 6) is 0.933. The largest absolute Gasteiger partial charge is 0.488 e. The Hall–Kier alpha value is -0.550. The molecule has 0 radical (unpaired) electrons. The number of para-hydroxylation sites is 1. The Morgan fingerprint density at radius 3 is 2.62 bits per heavy atom. The van der Waals surface area contributed by atoms with Gasteiger partial charge in [0, 0.05) is 4.47 Å². The van der Waals surface area contributed by atoms with E-state index in [4.69, 9.17) is 4.74 Å². The minimum atomic E-state index is 0.597. The highest BCUT2D eigenvalue weighted by atomic mass is 127. The average Bonchev–Trinajstić information content (AvgIpc) is 2.28. The van der Waals surface area contributed by atoms with E-state index in [2.05, 4.69) is 50.7 Å². The summed E-state index contributed by atoms with van der Waals surface area (Å²) < 4.78 is 7.96. The van der Waals surface area contributed by atoms with Gasteiger partial charge in [0.1, 0.15) is 12.4 Å². The van der Waals surface area contributed by atoms with E-state index in [0.717, 1.165) is 19.4 Å². The van der Waals surface area contributed by atoms with Crippen molar-refractivity contribution in [1.29, 1.82) is 0 Å². The number of hydrogen-bond acceptors (Lipinski definition) is 1. The summed E-state index contributed by atoms with van der Waals surface area (Å²) >= 11 is 5.72. The molecule has 0 bridgehead atoms. The normalized spacial score (nSPS) is 10.1. The van der Waals surface area contributed by atoms with Gasteiger partial charge in [-0.05, 0) is 52.4 Å². The molecule has 0 aliphatic carbocycles. The lowest BCUT2D eigenvalue weighted by Crippen LogP contribution is -1.96. The first-order valence-electron chi connectivity index (χ1n) is 4.87. The van der Waals surface area contributed by atoms with Crippen molar-refractivity contribution in [3.05, 3.63) is 62.1 Å². The van der Waals surface area contributed by atoms with E-state index in [0.29, 0.717) is 6.61 Å². The van der Waals surface area contributed by atoms with Gasteiger partial charge < -0.3 is 4.74 Å². The zero-order valence-corrected chi connectivity index (χ0v) is 12.2. The molecule has 0 saturated carbocycles. The molecule has 0 aliphatic rings. The van der Waals surface area contributed by atoms with Gasteiger partial charge in [-0.3, -0.25) is 0 Å². The van der Waals surface area contributed by atoms with Crippen molar-refractivity contribution in [3.63, 3.8) is 0 Å². The summed E-state index contributed by atoms with van der Waals surface area (Å²) in [7, 11) is 0. The second kappa shape index (κ2) is 5.68. The molecule has 0 unspecified atom stereocenters. The Morgan fingerprint density at radius 2 is 1.88 bits per heavy atom. The first-order valence-corrected chi connectivity index (χ1v) is 6.74. The van der Waals surface area contributed by atoms with Gasteiger partial charge >= 0.3 is 0 Å². The molecule has 0 N–H and O–H groups in total. The molecule has 3 heteroatoms. The van der Waals surface area contributed by atoms with E-state index in [1.54, 1.807) is 0 Å². The monoisotopic (exact) mass is 388 g/mol. The maximum atomic E-state index is 5.75. The first-order chi connectivity index (χ1) is 7.75. The first kappa shape index (κ1) is 11.9. The second-order valence-electron chi connectivity index (χ2n) is 3.35. The van der Waals surface area contributed by atoms with Crippen molar-refractivity contribution in [2.45, 2.75) is 6.61 Å². The molecule has 0 atom stereocenters. The quantitative estimate of drug-likeness (QED) is 0.696. The molecule has 0 spiro atoms. The van der Waals surface area contributed by atoms with Crippen molar-refractivity contribution < 1.29 is 4.74 Å². The van der Waals surface area contributed by atoms with Crippen LogP contribution in [0.4, 0.5) is 0 Å². The van der Waals surface area contributed by atoms with Crippen LogP contribution in [0.2, 0.25) is 0 Å². The van der Waals surface area contributed by atoms with Crippen molar-refractivity contribution in [3.8, 4) is 5.75 Å². The third kappa shape index (κ3) is 3.22. The molecule has 0 aromatic heterocycles. The van der Waals surface area contributed by atoms with E-state index < -0.39 is 0 Å². The Bertz CT molecular complexity index is 485. The van der Waals surface area contributed by atoms with E-state index >= 15 is 0 Å². The van der Waals surface area contributed by atoms with Gasteiger partial charge in [-0.1, -0.05) is 40.2 Å². The van der Waals surface area contributed by atoms with E-state index in [9.17, 15) is 0 Å². The highest BCUT2D eigenvalue weighted by Gasteiger charge is 2.00. The van der Waals surface area contributed by atoms with Crippen molar-refractivity contribution >= 4 is 38.5 Å². The minimum Gasteiger partial charge on any atom is -0.488 e. The van der Waals surface area contributed by atoms with E-state index in [-0.39, 0.29) is 0 Å². The van der Waals surface area contributed by atoms with Crippen LogP contribution in [0, 0.1) is 3.57 Å². The van der Waals surface area contributed by atoms with Gasteiger partial charge in [-0.25, -0.2) is 0 Å². The predicted molar refractivity (Wildman–Crippen MR) is 77.6 cm³/mol. The highest BCUT2D eigenvalue weighted by molar-refractivity contribution is 14.1. The molecule has 2 aromatic carbocycles. The Kier molecular flexibility index (Phi) is 4.23. The van der Waals surface area contributed by atoms with Gasteiger partial charge in [-0.15, -0.1) is 0 Å². The number of ether oxygens (including phenoxy) is 1. The van der Waals surface area contributed by atoms with Crippen LogP contribution in [0.25, 0.3) is 0 Å². The van der Waals surface area contributed by atoms with Crippen molar-refractivity contribution in [2.24, 2.45) is 0 Å². The Morgan fingerprint density at radius 1 is 1.06 bits per heavy atom. The molecule has 0 aliphatic heterocycles. The predicted octanol–water partition coefficient (Wildman–Crippen LogP) is 4.63. The summed E-state index contributed by atoms with van der Waals surface area (Å²) in [6.45, 7) is 0.597. The highest BCUT2D eigenvalue weighted by Crippen LogP contribution is 2.21. The number of halogens is 2. The van der Waals surface area contributed by atoms with Crippen LogP contribution in [0.5, 0.6) is 5.75 Å². The minimum absolute atomic E-state index is 0.597. The van der Waals surface area contributed by atoms with Crippen LogP contribution < -0.4 is 4.74 Å². The molecular weight excluding hydrogens is 379 g/mol. The summed E-state index contributed by atoms with van der Waals surface area (Å²) in [6.07, 6.45) is 0. The molecule has 2 rings (SSSR count). The number of hydrogen-bond donors (Lipinski definition) is 0. The van der Waals surface area contributed by atoms with Crippen molar-refractivity contribution in [2.75, 3.05) is 0 Å². The van der Waals surface area contributed by atoms with Gasteiger partial charge in [0.25, 0.3) is 0 Å². The third-order valence-electron chi connectivity index (χ3n) is 2.12. The van der Waals surface area contributed by atoms with Crippen LogP contribution in [-0.2, 0) is 6.61 Å². The standard InChI is InChI=1S/C13H10BrIO/c14-11-5-3-4-10(8-11)9-16-13-7-2-1-6-12(13)15/h1-8H,9H2. The molecule has 0 fully saturated rings. The van der Waals surface area contributed by atoms with Crippen LogP contribution in [0.15, 0.2) is 53.0 Å². The molecule has 2 aromatic rings. The fourth-order valence-electron chi connectivity index (χ4n) is 1.35. The molecule has 16 heavy (non-hydrogen) atoms. The maximum absolute atomic E-state index is 5.75. The molecule has 1 nitrogen and oxygen atoms in total. The molecule has 82 valence electrons. The van der Waals surface area contributed by atoms with Crippen LogP contribution in [0.1, 0.15) is 5.56 Å². The Balaban J connectivity index is 2.05. The molecule has 0 amide bonds. The van der Waals surface area contributed by atoms with Gasteiger partial charge in [-0.2, -0.15) is 0 Å². The Labute approximate surface area is 117 Å². The lowest BCUT2D eigenvalue weighted by atomic mass is 10.2. The van der Waals surface area contributed by atoms with Crippen LogP contribution >= 0.6 is 38.5 Å². The zero-order chi connectivity index (χ0) is 11.4. The molecule has 0 saturated heterocycles. The van der Waals surface area contributed by atoms with Gasteiger partial charge in [0.15, 0.2) is 0 Å². The summed E-state index contributed by atoms with van der Waals surface area (Å²) in [6, 6.07) is 16.2. The topological polar surface area (TPSA) is 9.23 Å². The molecular formula is C13H10BrIO. The van der Waals surface area contributed by atoms with E-state index in [1.807, 2.05) is 36.4 Å². The van der Waals surface area contributed by atoms with E-state index in [1.165, 1.54) is 0 Å². The average molecular weight is 389 g/mol. The lowest BCUT2D eigenvalue weighted by molar-refractivity contribution is 0.304. The van der Waals surface area contributed by atoms with Crippen LogP contribution in [0.3, 0.4) is 0 Å². The second-order valence-corrected chi connectivity index (χ2v) is 5.43. The van der Waals surface area contributed by atoms with Crippen LogP contribution in [-0.4, -0.2) is 0 Å². The summed E-state index contributed by atoms with van der Waals surface area (Å²) in [4.78, 5) is 0. The summed E-state index contributed by atoms with van der Waals surface area (Å²) in [5.41, 5.74) is 1.16. The zero-order valence-electron chi connectivity index (χ0n) is 8.49. The lowest BCUT2D eigenvalue weighted by Gasteiger charge is -2.08. The summed E-state index contributed by atoms with van der Waals surface area (Å²) in [5, 5.41) is 0. The fraction of sp³-hybridized carbons (Fsp3) is 0.0769. The van der Waals surface area contributed by atoms with Gasteiger partial charge in [0.2, 0.25) is 0 Å². The number of rotatable bonds is 3. The molecule has 0 heterocycles. The van der Waals surface area contributed by atoms with Gasteiger partial charge in [0.05, 0.1) is 3.57 Å². The van der Waals surface area contributed by atoms with Crippen molar-refractivity contribution in [1.82, 2.24) is 0 Å². The fourth-order valence-corrected chi connectivity index (χ4v) is 2.34. The number of benzene rings is 2.